The Labute approximate surface area is 120 Å². The quantitative estimate of drug-likeness (QED) is 0.483. The van der Waals surface area contributed by atoms with Crippen molar-refractivity contribution in [1.82, 2.24) is 9.97 Å². The van der Waals surface area contributed by atoms with E-state index in [0.29, 0.717) is 13.1 Å². The molecule has 0 spiro atoms. The van der Waals surface area contributed by atoms with Gasteiger partial charge >= 0.3 is 5.69 Å². The van der Waals surface area contributed by atoms with E-state index < -0.39 is 4.92 Å². The number of nitrogens with zero attached hydrogens (tertiary/aromatic N) is 4. The molecule has 6 nitrogen and oxygen atoms in total. The second kappa shape index (κ2) is 5.05. The molecule has 2 heterocycles. The van der Waals surface area contributed by atoms with E-state index in [1.807, 2.05) is 23.1 Å². The average Bonchev–Trinajstić information content (AvgIpc) is 2.46. The van der Waals surface area contributed by atoms with Gasteiger partial charge in [-0.1, -0.05) is 24.3 Å². The fraction of sp³-hybridized carbons (Fsp3) is 0.231. The van der Waals surface area contributed by atoms with Crippen LogP contribution in [0.3, 0.4) is 0 Å². The third kappa shape index (κ3) is 2.30. The van der Waals surface area contributed by atoms with Gasteiger partial charge in [0.2, 0.25) is 11.1 Å². The Bertz CT molecular complexity index is 677. The minimum atomic E-state index is -0.480. The molecule has 0 radical (unpaired) electrons. The van der Waals surface area contributed by atoms with Gasteiger partial charge in [0.1, 0.15) is 6.20 Å². The van der Waals surface area contributed by atoms with Crippen LogP contribution in [0.4, 0.5) is 11.5 Å². The molecule has 0 saturated heterocycles. The summed E-state index contributed by atoms with van der Waals surface area (Å²) in [5.41, 5.74) is 2.31. The van der Waals surface area contributed by atoms with Crippen molar-refractivity contribution in [3.63, 3.8) is 0 Å². The van der Waals surface area contributed by atoms with E-state index in [1.54, 1.807) is 0 Å². The molecule has 1 aliphatic rings. The fourth-order valence-electron chi connectivity index (χ4n) is 2.38. The second-order valence-electron chi connectivity index (χ2n) is 4.55. The van der Waals surface area contributed by atoms with Gasteiger partial charge in [0.05, 0.1) is 4.92 Å². The van der Waals surface area contributed by atoms with Crippen molar-refractivity contribution in [3.8, 4) is 0 Å². The van der Waals surface area contributed by atoms with Gasteiger partial charge in [0.25, 0.3) is 0 Å². The molecule has 20 heavy (non-hydrogen) atoms. The first kappa shape index (κ1) is 12.8. The summed E-state index contributed by atoms with van der Waals surface area (Å²) in [6, 6.07) is 8.06. The molecule has 3 rings (SSSR count). The number of hydrogen-bond acceptors (Lipinski definition) is 5. The molecule has 1 aliphatic heterocycles. The van der Waals surface area contributed by atoms with Gasteiger partial charge in [-0.25, -0.2) is 4.98 Å². The second-order valence-corrected chi connectivity index (χ2v) is 4.88. The van der Waals surface area contributed by atoms with Crippen molar-refractivity contribution in [2.45, 2.75) is 13.0 Å². The summed E-state index contributed by atoms with van der Waals surface area (Å²) < 4.78 is 0. The van der Waals surface area contributed by atoms with Gasteiger partial charge in [-0.15, -0.1) is 0 Å². The molecule has 7 heteroatoms. The zero-order valence-electron chi connectivity index (χ0n) is 10.5. The Hall–Kier alpha value is -2.21. The maximum atomic E-state index is 11.1. The number of anilines is 1. The maximum Gasteiger partial charge on any atom is 0.329 e. The van der Waals surface area contributed by atoms with Crippen LogP contribution in [0.25, 0.3) is 0 Å². The highest BCUT2D eigenvalue weighted by atomic mass is 35.5. The highest BCUT2D eigenvalue weighted by Gasteiger charge is 2.25. The molecule has 2 aromatic rings. The molecule has 0 bridgehead atoms. The van der Waals surface area contributed by atoms with Crippen LogP contribution in [0.2, 0.25) is 5.28 Å². The Kier molecular flexibility index (Phi) is 3.23. The molecule has 0 atom stereocenters. The molecular weight excluding hydrogens is 280 g/mol. The summed E-state index contributed by atoms with van der Waals surface area (Å²) >= 11 is 5.77. The largest absolute Gasteiger partial charge is 0.346 e. The lowest BCUT2D eigenvalue weighted by Crippen LogP contribution is -2.31. The topological polar surface area (TPSA) is 72.2 Å². The van der Waals surface area contributed by atoms with Crippen LogP contribution in [0.1, 0.15) is 11.1 Å². The molecule has 0 unspecified atom stereocenters. The van der Waals surface area contributed by atoms with Crippen LogP contribution in [0, 0.1) is 10.1 Å². The lowest BCUT2D eigenvalue weighted by molar-refractivity contribution is -0.384. The van der Waals surface area contributed by atoms with Crippen molar-refractivity contribution in [1.29, 1.82) is 0 Å². The summed E-state index contributed by atoms with van der Waals surface area (Å²) in [7, 11) is 0. The number of nitro groups is 1. The van der Waals surface area contributed by atoms with Gasteiger partial charge in [0.15, 0.2) is 0 Å². The van der Waals surface area contributed by atoms with E-state index in [4.69, 9.17) is 11.6 Å². The predicted octanol–water partition coefficient (Wildman–Crippen LogP) is 2.60. The molecule has 1 aromatic heterocycles. The standard InChI is InChI=1S/C13H11ClN4O2/c14-13-15-7-11(18(19)20)12(16-13)17-6-5-9-3-1-2-4-10(9)8-17/h1-4,7H,5-6,8H2. The normalized spacial score (nSPS) is 13.9. The smallest absolute Gasteiger partial charge is 0.329 e. The van der Waals surface area contributed by atoms with Crippen LogP contribution >= 0.6 is 11.6 Å². The Balaban J connectivity index is 1.99. The zero-order chi connectivity index (χ0) is 14.1. The van der Waals surface area contributed by atoms with E-state index in [-0.39, 0.29) is 16.8 Å². The van der Waals surface area contributed by atoms with Crippen molar-refractivity contribution in [2.24, 2.45) is 0 Å². The number of halogens is 1. The first-order valence-electron chi connectivity index (χ1n) is 6.14. The SMILES string of the molecule is O=[N+]([O-])c1cnc(Cl)nc1N1CCc2ccccc2C1. The van der Waals surface area contributed by atoms with Gasteiger partial charge in [-0.2, -0.15) is 4.98 Å². The Morgan fingerprint density at radius 2 is 2.05 bits per heavy atom. The number of hydrogen-bond donors (Lipinski definition) is 0. The molecule has 0 N–H and O–H groups in total. The lowest BCUT2D eigenvalue weighted by Gasteiger charge is -2.29. The van der Waals surface area contributed by atoms with E-state index in [9.17, 15) is 10.1 Å². The Morgan fingerprint density at radius 1 is 1.30 bits per heavy atom. The van der Waals surface area contributed by atoms with E-state index in [2.05, 4.69) is 16.0 Å². The first-order valence-corrected chi connectivity index (χ1v) is 6.51. The van der Waals surface area contributed by atoms with Gasteiger partial charge in [0, 0.05) is 13.1 Å². The van der Waals surface area contributed by atoms with E-state index >= 15 is 0 Å². The third-order valence-corrected chi connectivity index (χ3v) is 3.53. The molecule has 0 fully saturated rings. The van der Waals surface area contributed by atoms with E-state index in [1.165, 1.54) is 5.56 Å². The van der Waals surface area contributed by atoms with Crippen LogP contribution in [0.15, 0.2) is 30.5 Å². The Morgan fingerprint density at radius 3 is 2.80 bits per heavy atom. The lowest BCUT2D eigenvalue weighted by atomic mass is 10.00. The summed E-state index contributed by atoms with van der Waals surface area (Å²) in [5.74, 6) is 0.282. The molecule has 1 aromatic carbocycles. The van der Waals surface area contributed by atoms with E-state index in [0.717, 1.165) is 18.2 Å². The fourth-order valence-corrected chi connectivity index (χ4v) is 2.51. The minimum absolute atomic E-state index is 0.0180. The summed E-state index contributed by atoms with van der Waals surface area (Å²) in [6.07, 6.45) is 1.99. The number of benzene rings is 1. The van der Waals surface area contributed by atoms with Crippen molar-refractivity contribution >= 4 is 23.1 Å². The van der Waals surface area contributed by atoms with Crippen LogP contribution < -0.4 is 4.90 Å². The van der Waals surface area contributed by atoms with Gasteiger partial charge in [-0.05, 0) is 29.1 Å². The van der Waals surface area contributed by atoms with Gasteiger partial charge < -0.3 is 4.90 Å². The van der Waals surface area contributed by atoms with Crippen molar-refractivity contribution < 1.29 is 4.92 Å². The first-order chi connectivity index (χ1) is 9.65. The number of rotatable bonds is 2. The van der Waals surface area contributed by atoms with Crippen LogP contribution in [0.5, 0.6) is 0 Å². The molecule has 0 aliphatic carbocycles. The summed E-state index contributed by atoms with van der Waals surface area (Å²) in [5, 5.41) is 11.1. The third-order valence-electron chi connectivity index (χ3n) is 3.35. The summed E-state index contributed by atoms with van der Waals surface area (Å²) in [6.45, 7) is 1.26. The minimum Gasteiger partial charge on any atom is -0.346 e. The molecule has 0 amide bonds. The molecular formula is C13H11ClN4O2. The monoisotopic (exact) mass is 290 g/mol. The van der Waals surface area contributed by atoms with Crippen molar-refractivity contribution in [3.05, 3.63) is 57.0 Å². The molecule has 0 saturated carbocycles. The maximum absolute atomic E-state index is 11.1. The highest BCUT2D eigenvalue weighted by molar-refractivity contribution is 6.28. The number of fused-ring (bicyclic) bond motifs is 1. The van der Waals surface area contributed by atoms with Crippen LogP contribution in [-0.4, -0.2) is 21.4 Å². The molecule has 102 valence electrons. The number of aromatic nitrogens is 2. The summed E-state index contributed by atoms with van der Waals surface area (Å²) in [4.78, 5) is 20.2. The average molecular weight is 291 g/mol. The van der Waals surface area contributed by atoms with Gasteiger partial charge in [-0.3, -0.25) is 10.1 Å². The highest BCUT2D eigenvalue weighted by Crippen LogP contribution is 2.30. The van der Waals surface area contributed by atoms with Crippen LogP contribution in [-0.2, 0) is 13.0 Å². The zero-order valence-corrected chi connectivity index (χ0v) is 11.2. The predicted molar refractivity (Wildman–Crippen MR) is 74.9 cm³/mol. The van der Waals surface area contributed by atoms with Crippen molar-refractivity contribution in [2.75, 3.05) is 11.4 Å².